The largest absolute Gasteiger partial charge is 0.383 e. The molecule has 1 aromatic carbocycles. The van der Waals surface area contributed by atoms with E-state index in [9.17, 15) is 18.0 Å². The van der Waals surface area contributed by atoms with E-state index < -0.39 is 10.0 Å². The van der Waals surface area contributed by atoms with Crippen LogP contribution < -0.4 is 10.6 Å². The lowest BCUT2D eigenvalue weighted by molar-refractivity contribution is -0.126. The van der Waals surface area contributed by atoms with Crippen LogP contribution in [0, 0.1) is 0 Å². The van der Waals surface area contributed by atoms with Gasteiger partial charge in [0.15, 0.2) is 0 Å². The van der Waals surface area contributed by atoms with Gasteiger partial charge in [0.2, 0.25) is 21.8 Å². The van der Waals surface area contributed by atoms with Crippen molar-refractivity contribution in [3.63, 3.8) is 0 Å². The van der Waals surface area contributed by atoms with Crippen LogP contribution in [0.3, 0.4) is 0 Å². The number of ether oxygens (including phenoxy) is 1. The molecule has 8 nitrogen and oxygen atoms in total. The third kappa shape index (κ3) is 7.75. The lowest BCUT2D eigenvalue weighted by Gasteiger charge is -2.20. The SMILES string of the molecule is COCCNC(=O)CNC(=O)CCc1ccc(S(=O)(=O)N2CCCCCC2)cc1. The van der Waals surface area contributed by atoms with Crippen molar-refractivity contribution in [2.75, 3.05) is 39.9 Å². The highest BCUT2D eigenvalue weighted by molar-refractivity contribution is 7.89. The number of benzene rings is 1. The Hall–Kier alpha value is -1.97. The van der Waals surface area contributed by atoms with E-state index in [1.165, 1.54) is 0 Å². The molecule has 29 heavy (non-hydrogen) atoms. The van der Waals surface area contributed by atoms with Gasteiger partial charge >= 0.3 is 0 Å². The number of rotatable bonds is 10. The number of nitrogens with one attached hydrogen (secondary N) is 2. The summed E-state index contributed by atoms with van der Waals surface area (Å²) < 4.78 is 32.0. The first-order chi connectivity index (χ1) is 13.9. The van der Waals surface area contributed by atoms with Crippen LogP contribution >= 0.6 is 0 Å². The Morgan fingerprint density at radius 3 is 2.28 bits per heavy atom. The molecule has 1 aromatic rings. The number of amides is 2. The van der Waals surface area contributed by atoms with Gasteiger partial charge in [0.1, 0.15) is 0 Å². The summed E-state index contributed by atoms with van der Waals surface area (Å²) in [4.78, 5) is 23.7. The monoisotopic (exact) mass is 425 g/mol. The summed E-state index contributed by atoms with van der Waals surface area (Å²) in [6, 6.07) is 6.71. The van der Waals surface area contributed by atoms with E-state index in [4.69, 9.17) is 4.74 Å². The molecule has 0 aliphatic carbocycles. The maximum Gasteiger partial charge on any atom is 0.243 e. The molecular formula is C20H31N3O5S. The first-order valence-electron chi connectivity index (χ1n) is 10.0. The number of carbonyl (C=O) groups is 2. The standard InChI is InChI=1S/C20H31N3O5S/c1-28-15-12-21-20(25)16-22-19(24)11-8-17-6-9-18(10-7-17)29(26,27)23-13-4-2-3-5-14-23/h6-7,9-10H,2-5,8,11-16H2,1H3,(H,21,25)(H,22,24). The van der Waals surface area contributed by atoms with E-state index in [0.29, 0.717) is 37.6 Å². The molecule has 0 atom stereocenters. The Morgan fingerprint density at radius 1 is 1.00 bits per heavy atom. The second-order valence-electron chi connectivity index (χ2n) is 7.08. The molecule has 2 rings (SSSR count). The second kappa shape index (κ2) is 11.9. The summed E-state index contributed by atoms with van der Waals surface area (Å²) >= 11 is 0. The Kier molecular flexibility index (Phi) is 9.56. The molecule has 0 saturated carbocycles. The minimum Gasteiger partial charge on any atom is -0.383 e. The van der Waals surface area contributed by atoms with Crippen molar-refractivity contribution in [1.82, 2.24) is 14.9 Å². The summed E-state index contributed by atoms with van der Waals surface area (Å²) in [6.07, 6.45) is 4.64. The highest BCUT2D eigenvalue weighted by Gasteiger charge is 2.24. The van der Waals surface area contributed by atoms with E-state index in [2.05, 4.69) is 10.6 Å². The van der Waals surface area contributed by atoms with Crippen LogP contribution in [-0.2, 0) is 30.8 Å². The van der Waals surface area contributed by atoms with Gasteiger partial charge in [0, 0.05) is 33.2 Å². The van der Waals surface area contributed by atoms with Gasteiger partial charge in [-0.15, -0.1) is 0 Å². The van der Waals surface area contributed by atoms with E-state index in [1.807, 2.05) is 0 Å². The summed E-state index contributed by atoms with van der Waals surface area (Å²) in [5.41, 5.74) is 0.875. The molecule has 1 aliphatic rings. The molecule has 0 unspecified atom stereocenters. The molecule has 0 radical (unpaired) electrons. The van der Waals surface area contributed by atoms with Crippen LogP contribution in [0.25, 0.3) is 0 Å². The number of sulfonamides is 1. The fourth-order valence-electron chi connectivity index (χ4n) is 3.14. The molecule has 162 valence electrons. The van der Waals surface area contributed by atoms with Gasteiger partial charge in [0.25, 0.3) is 0 Å². The van der Waals surface area contributed by atoms with Crippen LogP contribution in [0.1, 0.15) is 37.7 Å². The first kappa shape index (κ1) is 23.3. The van der Waals surface area contributed by atoms with Crippen molar-refractivity contribution < 1.29 is 22.7 Å². The fourth-order valence-corrected chi connectivity index (χ4v) is 4.66. The zero-order valence-electron chi connectivity index (χ0n) is 17.0. The van der Waals surface area contributed by atoms with Gasteiger partial charge < -0.3 is 15.4 Å². The predicted molar refractivity (Wildman–Crippen MR) is 110 cm³/mol. The molecule has 2 N–H and O–H groups in total. The summed E-state index contributed by atoms with van der Waals surface area (Å²) in [7, 11) is -1.91. The van der Waals surface area contributed by atoms with Crippen molar-refractivity contribution >= 4 is 21.8 Å². The maximum absolute atomic E-state index is 12.8. The summed E-state index contributed by atoms with van der Waals surface area (Å²) in [5.74, 6) is -0.494. The fraction of sp³-hybridized carbons (Fsp3) is 0.600. The number of aryl methyl sites for hydroxylation is 1. The van der Waals surface area contributed by atoms with E-state index in [0.717, 1.165) is 31.2 Å². The van der Waals surface area contributed by atoms with Crippen LogP contribution in [0.2, 0.25) is 0 Å². The van der Waals surface area contributed by atoms with Gasteiger partial charge in [-0.25, -0.2) is 8.42 Å². The first-order valence-corrected chi connectivity index (χ1v) is 11.5. The van der Waals surface area contributed by atoms with E-state index in [1.54, 1.807) is 35.7 Å². The third-order valence-electron chi connectivity index (χ3n) is 4.84. The molecule has 1 fully saturated rings. The van der Waals surface area contributed by atoms with E-state index >= 15 is 0 Å². The Morgan fingerprint density at radius 2 is 1.66 bits per heavy atom. The molecule has 0 spiro atoms. The minimum absolute atomic E-state index is 0.0738. The third-order valence-corrected chi connectivity index (χ3v) is 6.75. The highest BCUT2D eigenvalue weighted by atomic mass is 32.2. The topological polar surface area (TPSA) is 105 Å². The number of hydrogen-bond acceptors (Lipinski definition) is 5. The van der Waals surface area contributed by atoms with Crippen LogP contribution in [0.4, 0.5) is 0 Å². The summed E-state index contributed by atoms with van der Waals surface area (Å²) in [6.45, 7) is 1.89. The van der Waals surface area contributed by atoms with Gasteiger partial charge in [-0.1, -0.05) is 25.0 Å². The predicted octanol–water partition coefficient (Wildman–Crippen LogP) is 1.06. The molecule has 0 bridgehead atoms. The lowest BCUT2D eigenvalue weighted by Crippen LogP contribution is -2.38. The molecule has 9 heteroatoms. The Bertz CT molecular complexity index is 757. The van der Waals surface area contributed by atoms with Crippen LogP contribution in [-0.4, -0.2) is 64.4 Å². The van der Waals surface area contributed by atoms with Gasteiger partial charge in [0.05, 0.1) is 18.0 Å². The van der Waals surface area contributed by atoms with Crippen molar-refractivity contribution in [2.24, 2.45) is 0 Å². The van der Waals surface area contributed by atoms with E-state index in [-0.39, 0.29) is 24.8 Å². The average Bonchev–Trinajstić information content (AvgIpc) is 3.01. The molecule has 1 aliphatic heterocycles. The highest BCUT2D eigenvalue weighted by Crippen LogP contribution is 2.21. The maximum atomic E-state index is 12.8. The van der Waals surface area contributed by atoms with Crippen LogP contribution in [0.15, 0.2) is 29.2 Å². The van der Waals surface area contributed by atoms with Gasteiger partial charge in [-0.05, 0) is 37.0 Å². The van der Waals surface area contributed by atoms with Crippen molar-refractivity contribution in [3.05, 3.63) is 29.8 Å². The second-order valence-corrected chi connectivity index (χ2v) is 9.02. The van der Waals surface area contributed by atoms with Crippen molar-refractivity contribution in [1.29, 1.82) is 0 Å². The normalized spacial score (nSPS) is 15.5. The van der Waals surface area contributed by atoms with Gasteiger partial charge in [-0.2, -0.15) is 4.31 Å². The van der Waals surface area contributed by atoms with Crippen LogP contribution in [0.5, 0.6) is 0 Å². The number of nitrogens with zero attached hydrogens (tertiary/aromatic N) is 1. The van der Waals surface area contributed by atoms with Crippen molar-refractivity contribution in [3.8, 4) is 0 Å². The minimum atomic E-state index is -3.46. The zero-order valence-corrected chi connectivity index (χ0v) is 17.8. The zero-order chi connectivity index (χ0) is 21.1. The number of hydrogen-bond donors (Lipinski definition) is 2. The molecule has 0 aromatic heterocycles. The smallest absolute Gasteiger partial charge is 0.243 e. The molecule has 1 saturated heterocycles. The Labute approximate surface area is 173 Å². The van der Waals surface area contributed by atoms with Gasteiger partial charge in [-0.3, -0.25) is 9.59 Å². The molecular weight excluding hydrogens is 394 g/mol. The lowest BCUT2D eigenvalue weighted by atomic mass is 10.1. The Balaban J connectivity index is 1.79. The van der Waals surface area contributed by atoms with Crippen molar-refractivity contribution in [2.45, 2.75) is 43.4 Å². The quantitative estimate of drug-likeness (QED) is 0.546. The number of methoxy groups -OCH3 is 1. The average molecular weight is 426 g/mol. The molecule has 2 amide bonds. The number of carbonyl (C=O) groups excluding carboxylic acids is 2. The molecule has 1 heterocycles. The summed E-state index contributed by atoms with van der Waals surface area (Å²) in [5, 5.41) is 5.19.